The van der Waals surface area contributed by atoms with Gasteiger partial charge in [0, 0.05) is 43.9 Å². The zero-order valence-corrected chi connectivity index (χ0v) is 10.9. The molecule has 1 atom stereocenters. The van der Waals surface area contributed by atoms with E-state index in [-0.39, 0.29) is 12.1 Å². The van der Waals surface area contributed by atoms with Crippen LogP contribution in [0.1, 0.15) is 6.92 Å². The van der Waals surface area contributed by atoms with Crippen molar-refractivity contribution in [2.24, 2.45) is 0 Å². The highest BCUT2D eigenvalue weighted by molar-refractivity contribution is 5.74. The molecule has 0 radical (unpaired) electrons. The molecule has 0 fully saturated rings. The first-order valence-electron chi connectivity index (χ1n) is 6.21. The van der Waals surface area contributed by atoms with E-state index < -0.39 is 0 Å². The van der Waals surface area contributed by atoms with Crippen LogP contribution in [0.15, 0.2) is 37.2 Å². The van der Waals surface area contributed by atoms with Crippen LogP contribution in [0.5, 0.6) is 0 Å². The largest absolute Gasteiger partial charge is 0.336 e. The Morgan fingerprint density at radius 3 is 2.95 bits per heavy atom. The summed E-state index contributed by atoms with van der Waals surface area (Å²) < 4.78 is 3.70. The number of rotatable bonds is 6. The molecule has 0 aliphatic rings. The third-order valence-corrected chi connectivity index (χ3v) is 2.61. The molecule has 102 valence electrons. The van der Waals surface area contributed by atoms with Crippen molar-refractivity contribution in [3.8, 4) is 0 Å². The summed E-state index contributed by atoms with van der Waals surface area (Å²) in [6.07, 6.45) is 8.89. The van der Waals surface area contributed by atoms with Crippen molar-refractivity contribution in [2.45, 2.75) is 26.1 Å². The van der Waals surface area contributed by atoms with Crippen molar-refractivity contribution >= 4 is 6.03 Å². The van der Waals surface area contributed by atoms with Crippen molar-refractivity contribution < 1.29 is 4.79 Å². The minimum Gasteiger partial charge on any atom is -0.336 e. The van der Waals surface area contributed by atoms with Gasteiger partial charge in [-0.3, -0.25) is 4.68 Å². The van der Waals surface area contributed by atoms with Gasteiger partial charge in [-0.1, -0.05) is 0 Å². The average molecular weight is 262 g/mol. The van der Waals surface area contributed by atoms with Gasteiger partial charge < -0.3 is 15.2 Å². The van der Waals surface area contributed by atoms with Gasteiger partial charge in [-0.05, 0) is 13.0 Å². The molecule has 2 aromatic rings. The second-order valence-electron chi connectivity index (χ2n) is 4.33. The quantitative estimate of drug-likeness (QED) is 0.794. The highest BCUT2D eigenvalue weighted by atomic mass is 16.2. The number of nitrogens with zero attached hydrogens (tertiary/aromatic N) is 4. The van der Waals surface area contributed by atoms with Crippen LogP contribution in [0.2, 0.25) is 0 Å². The van der Waals surface area contributed by atoms with E-state index in [0.29, 0.717) is 19.6 Å². The predicted molar refractivity (Wildman–Crippen MR) is 70.5 cm³/mol. The van der Waals surface area contributed by atoms with Gasteiger partial charge in [-0.2, -0.15) is 5.10 Å². The topological polar surface area (TPSA) is 76.8 Å². The lowest BCUT2D eigenvalue weighted by molar-refractivity contribution is 0.235. The molecule has 2 amide bonds. The van der Waals surface area contributed by atoms with Crippen LogP contribution in [-0.4, -0.2) is 37.9 Å². The van der Waals surface area contributed by atoms with Crippen molar-refractivity contribution in [3.63, 3.8) is 0 Å². The van der Waals surface area contributed by atoms with Gasteiger partial charge in [0.1, 0.15) is 0 Å². The van der Waals surface area contributed by atoms with Gasteiger partial charge in [0.25, 0.3) is 0 Å². The van der Waals surface area contributed by atoms with E-state index in [9.17, 15) is 4.79 Å². The molecule has 0 aliphatic heterocycles. The Morgan fingerprint density at radius 2 is 2.26 bits per heavy atom. The van der Waals surface area contributed by atoms with Gasteiger partial charge in [0.05, 0.1) is 12.9 Å². The highest BCUT2D eigenvalue weighted by Crippen LogP contribution is 1.90. The number of nitrogens with one attached hydrogen (secondary N) is 2. The molecule has 0 saturated heterocycles. The van der Waals surface area contributed by atoms with Crippen LogP contribution < -0.4 is 10.6 Å². The van der Waals surface area contributed by atoms with Gasteiger partial charge in [0.15, 0.2) is 0 Å². The lowest BCUT2D eigenvalue weighted by atomic mass is 10.3. The van der Waals surface area contributed by atoms with Gasteiger partial charge >= 0.3 is 6.03 Å². The normalized spacial score (nSPS) is 12.1. The lowest BCUT2D eigenvalue weighted by Gasteiger charge is -2.14. The third kappa shape index (κ3) is 4.46. The molecule has 0 spiro atoms. The number of carbonyl (C=O) groups is 1. The minimum atomic E-state index is -0.167. The van der Waals surface area contributed by atoms with Crippen molar-refractivity contribution in [1.82, 2.24) is 30.0 Å². The zero-order chi connectivity index (χ0) is 13.5. The number of hydrogen-bond donors (Lipinski definition) is 2. The van der Waals surface area contributed by atoms with Crippen molar-refractivity contribution in [1.29, 1.82) is 0 Å². The summed E-state index contributed by atoms with van der Waals surface area (Å²) in [5.74, 6) is 0. The van der Waals surface area contributed by atoms with E-state index in [0.717, 1.165) is 0 Å². The Hall–Kier alpha value is -2.31. The Kier molecular flexibility index (Phi) is 4.54. The molecular formula is C12H18N6O. The van der Waals surface area contributed by atoms with Crippen LogP contribution in [0.4, 0.5) is 4.79 Å². The molecule has 19 heavy (non-hydrogen) atoms. The number of aromatic nitrogens is 4. The summed E-state index contributed by atoms with van der Waals surface area (Å²) in [6.45, 7) is 3.87. The number of amides is 2. The lowest BCUT2D eigenvalue weighted by Crippen LogP contribution is -2.43. The van der Waals surface area contributed by atoms with Crippen LogP contribution in [0.25, 0.3) is 0 Å². The summed E-state index contributed by atoms with van der Waals surface area (Å²) in [5.41, 5.74) is 0. The van der Waals surface area contributed by atoms with E-state index in [1.807, 2.05) is 30.0 Å². The molecule has 0 unspecified atom stereocenters. The fourth-order valence-electron chi connectivity index (χ4n) is 1.73. The van der Waals surface area contributed by atoms with E-state index in [1.54, 1.807) is 23.4 Å². The fraction of sp³-hybridized carbons (Fsp3) is 0.417. The molecule has 0 bridgehead atoms. The van der Waals surface area contributed by atoms with E-state index in [2.05, 4.69) is 20.7 Å². The summed E-state index contributed by atoms with van der Waals surface area (Å²) >= 11 is 0. The molecule has 0 aliphatic carbocycles. The summed E-state index contributed by atoms with van der Waals surface area (Å²) in [7, 11) is 0. The minimum absolute atomic E-state index is 0.0214. The standard InChI is InChI=1S/C12H18N6O/c1-11(9-18-6-2-3-15-18)16-12(19)14-5-8-17-7-4-13-10-17/h2-4,6-7,10-11H,5,8-9H2,1H3,(H2,14,16,19)/t11-/m0/s1. The monoisotopic (exact) mass is 262 g/mol. The van der Waals surface area contributed by atoms with Crippen molar-refractivity contribution in [2.75, 3.05) is 6.54 Å². The van der Waals surface area contributed by atoms with Gasteiger partial charge in [-0.25, -0.2) is 9.78 Å². The average Bonchev–Trinajstić information content (AvgIpc) is 3.01. The molecule has 0 saturated carbocycles. The molecular weight excluding hydrogens is 244 g/mol. The first-order chi connectivity index (χ1) is 9.24. The molecule has 2 aromatic heterocycles. The first kappa shape index (κ1) is 13.1. The maximum atomic E-state index is 11.6. The Labute approximate surface area is 111 Å². The maximum absolute atomic E-state index is 11.6. The van der Waals surface area contributed by atoms with Crippen LogP contribution >= 0.6 is 0 Å². The highest BCUT2D eigenvalue weighted by Gasteiger charge is 2.07. The SMILES string of the molecule is C[C@@H](Cn1cccn1)NC(=O)NCCn1ccnc1. The van der Waals surface area contributed by atoms with Crippen molar-refractivity contribution in [3.05, 3.63) is 37.2 Å². The van der Waals surface area contributed by atoms with E-state index in [1.165, 1.54) is 0 Å². The maximum Gasteiger partial charge on any atom is 0.315 e. The molecule has 2 rings (SSSR count). The van der Waals surface area contributed by atoms with Gasteiger partial charge in [0.2, 0.25) is 0 Å². The third-order valence-electron chi connectivity index (χ3n) is 2.61. The number of imidazole rings is 1. The molecule has 7 heteroatoms. The summed E-state index contributed by atoms with van der Waals surface area (Å²) in [5, 5.41) is 9.76. The second-order valence-corrected chi connectivity index (χ2v) is 4.33. The predicted octanol–water partition coefficient (Wildman–Crippen LogP) is 0.467. The van der Waals surface area contributed by atoms with Crippen LogP contribution in [0, 0.1) is 0 Å². The van der Waals surface area contributed by atoms with Crippen LogP contribution in [-0.2, 0) is 13.1 Å². The smallest absolute Gasteiger partial charge is 0.315 e. The number of hydrogen-bond acceptors (Lipinski definition) is 3. The van der Waals surface area contributed by atoms with E-state index in [4.69, 9.17) is 0 Å². The molecule has 7 nitrogen and oxygen atoms in total. The van der Waals surface area contributed by atoms with Gasteiger partial charge in [-0.15, -0.1) is 0 Å². The summed E-state index contributed by atoms with van der Waals surface area (Å²) in [4.78, 5) is 15.6. The molecule has 2 heterocycles. The van der Waals surface area contributed by atoms with Crippen LogP contribution in [0.3, 0.4) is 0 Å². The first-order valence-corrected chi connectivity index (χ1v) is 6.21. The second kappa shape index (κ2) is 6.58. The van der Waals surface area contributed by atoms with E-state index >= 15 is 0 Å². The summed E-state index contributed by atoms with van der Waals surface area (Å²) in [6, 6.07) is 1.71. The zero-order valence-electron chi connectivity index (χ0n) is 10.9. The Bertz CT molecular complexity index is 478. The Balaban J connectivity index is 1.63. The fourth-order valence-corrected chi connectivity index (χ4v) is 1.73. The molecule has 0 aromatic carbocycles. The Morgan fingerprint density at radius 1 is 1.37 bits per heavy atom. The molecule has 2 N–H and O–H groups in total. The number of carbonyl (C=O) groups excluding carboxylic acids is 1. The number of urea groups is 1.